The number of amides is 1. The third kappa shape index (κ3) is 3.93. The average Bonchev–Trinajstić information content (AvgIpc) is 2.99. The highest BCUT2D eigenvalue weighted by Crippen LogP contribution is 2.32. The van der Waals surface area contributed by atoms with Crippen molar-refractivity contribution >= 4 is 18.3 Å². The number of halogens is 1. The van der Waals surface area contributed by atoms with Crippen molar-refractivity contribution in [2.75, 3.05) is 26.2 Å². The summed E-state index contributed by atoms with van der Waals surface area (Å²) in [6.45, 7) is 3.21. The second kappa shape index (κ2) is 7.73. The van der Waals surface area contributed by atoms with Crippen LogP contribution >= 0.6 is 12.4 Å². The summed E-state index contributed by atoms with van der Waals surface area (Å²) in [5.74, 6) is 0.206. The van der Waals surface area contributed by atoms with Crippen LogP contribution in [-0.2, 0) is 9.53 Å². The summed E-state index contributed by atoms with van der Waals surface area (Å²) in [5, 5.41) is 3.27. The van der Waals surface area contributed by atoms with Crippen molar-refractivity contribution in [1.82, 2.24) is 15.2 Å². The van der Waals surface area contributed by atoms with Crippen LogP contribution in [0.2, 0.25) is 0 Å². The van der Waals surface area contributed by atoms with Gasteiger partial charge in [0.25, 0.3) is 0 Å². The van der Waals surface area contributed by atoms with Gasteiger partial charge in [0.05, 0.1) is 25.2 Å². The third-order valence-corrected chi connectivity index (χ3v) is 4.07. The minimum atomic E-state index is 0. The summed E-state index contributed by atoms with van der Waals surface area (Å²) < 4.78 is 5.63. The monoisotopic (exact) mass is 311 g/mol. The third-order valence-electron chi connectivity index (χ3n) is 4.07. The van der Waals surface area contributed by atoms with Crippen LogP contribution in [-0.4, -0.2) is 48.1 Å². The van der Waals surface area contributed by atoms with Crippen LogP contribution in [0.1, 0.15) is 30.9 Å². The molecule has 2 unspecified atom stereocenters. The van der Waals surface area contributed by atoms with Gasteiger partial charge in [0, 0.05) is 32.0 Å². The first-order valence-electron chi connectivity index (χ1n) is 7.36. The summed E-state index contributed by atoms with van der Waals surface area (Å²) in [5.41, 5.74) is 1.19. The highest BCUT2D eigenvalue weighted by Gasteiger charge is 2.31. The van der Waals surface area contributed by atoms with Gasteiger partial charge in [-0.3, -0.25) is 9.78 Å². The molecule has 0 bridgehead atoms. The van der Waals surface area contributed by atoms with Crippen LogP contribution in [0, 0.1) is 0 Å². The predicted octanol–water partition coefficient (Wildman–Crippen LogP) is 1.55. The molecule has 2 aliphatic rings. The van der Waals surface area contributed by atoms with Gasteiger partial charge in [-0.1, -0.05) is 0 Å². The lowest BCUT2D eigenvalue weighted by Gasteiger charge is -2.29. The molecule has 3 heterocycles. The lowest BCUT2D eigenvalue weighted by Crippen LogP contribution is -2.42. The maximum absolute atomic E-state index is 12.5. The fraction of sp³-hybridized carbons (Fsp3) is 0.600. The maximum Gasteiger partial charge on any atom is 0.225 e. The van der Waals surface area contributed by atoms with E-state index in [2.05, 4.69) is 10.3 Å². The normalized spacial score (nSPS) is 25.4. The molecule has 21 heavy (non-hydrogen) atoms. The van der Waals surface area contributed by atoms with Gasteiger partial charge in [0.15, 0.2) is 0 Å². The van der Waals surface area contributed by atoms with Crippen LogP contribution < -0.4 is 5.32 Å². The SMILES string of the molecule is Cl.O=C(CC1CNCCO1)N1CCCC1c1ccncc1. The molecule has 2 fully saturated rings. The standard InChI is InChI=1S/C15H21N3O2.ClH/c19-15(10-13-11-17-7-9-20-13)18-8-1-2-14(18)12-3-5-16-6-4-12;/h3-6,13-14,17H,1-2,7-11H2;1H. The van der Waals surface area contributed by atoms with Crippen molar-refractivity contribution in [3.8, 4) is 0 Å². The molecule has 2 saturated heterocycles. The molecule has 0 spiro atoms. The summed E-state index contributed by atoms with van der Waals surface area (Å²) in [7, 11) is 0. The lowest BCUT2D eigenvalue weighted by atomic mass is 10.1. The fourth-order valence-corrected chi connectivity index (χ4v) is 3.06. The van der Waals surface area contributed by atoms with Gasteiger partial charge in [-0.2, -0.15) is 0 Å². The van der Waals surface area contributed by atoms with Crippen LogP contribution in [0.3, 0.4) is 0 Å². The van der Waals surface area contributed by atoms with E-state index in [1.807, 2.05) is 17.0 Å². The van der Waals surface area contributed by atoms with E-state index in [1.165, 1.54) is 5.56 Å². The molecule has 2 aliphatic heterocycles. The minimum absolute atomic E-state index is 0. The number of hydrogen-bond donors (Lipinski definition) is 1. The minimum Gasteiger partial charge on any atom is -0.375 e. The van der Waals surface area contributed by atoms with Gasteiger partial charge in [0.1, 0.15) is 0 Å². The highest BCUT2D eigenvalue weighted by molar-refractivity contribution is 5.85. The zero-order valence-electron chi connectivity index (χ0n) is 12.0. The van der Waals surface area contributed by atoms with Gasteiger partial charge in [-0.25, -0.2) is 0 Å². The number of morpholine rings is 1. The molecule has 116 valence electrons. The largest absolute Gasteiger partial charge is 0.375 e. The van der Waals surface area contributed by atoms with Crippen LogP contribution in [0.15, 0.2) is 24.5 Å². The zero-order chi connectivity index (χ0) is 13.8. The molecule has 0 aliphatic carbocycles. The first-order chi connectivity index (χ1) is 9.84. The molecule has 6 heteroatoms. The summed E-state index contributed by atoms with van der Waals surface area (Å²) in [6, 6.07) is 4.23. The van der Waals surface area contributed by atoms with E-state index in [0.717, 1.165) is 32.5 Å². The van der Waals surface area contributed by atoms with E-state index in [9.17, 15) is 4.79 Å². The number of ether oxygens (including phenoxy) is 1. The molecule has 2 atom stereocenters. The second-order valence-electron chi connectivity index (χ2n) is 5.43. The topological polar surface area (TPSA) is 54.5 Å². The van der Waals surface area contributed by atoms with Gasteiger partial charge >= 0.3 is 0 Å². The summed E-state index contributed by atoms with van der Waals surface area (Å²) in [6.07, 6.45) is 6.21. The zero-order valence-corrected chi connectivity index (χ0v) is 12.8. The van der Waals surface area contributed by atoms with Crippen molar-refractivity contribution < 1.29 is 9.53 Å². The Bertz CT molecular complexity index is 451. The molecule has 0 aromatic carbocycles. The molecule has 1 N–H and O–H groups in total. The number of pyridine rings is 1. The Morgan fingerprint density at radius 3 is 2.95 bits per heavy atom. The summed E-state index contributed by atoms with van der Waals surface area (Å²) >= 11 is 0. The molecule has 0 saturated carbocycles. The predicted molar refractivity (Wildman–Crippen MR) is 82.4 cm³/mol. The number of aromatic nitrogens is 1. The van der Waals surface area contributed by atoms with E-state index in [-0.39, 0.29) is 30.5 Å². The van der Waals surface area contributed by atoms with Gasteiger partial charge < -0.3 is 15.0 Å². The molecule has 0 radical (unpaired) electrons. The maximum atomic E-state index is 12.5. The Hall–Kier alpha value is -1.17. The van der Waals surface area contributed by atoms with Crippen molar-refractivity contribution in [2.24, 2.45) is 0 Å². The number of nitrogens with one attached hydrogen (secondary N) is 1. The fourth-order valence-electron chi connectivity index (χ4n) is 3.06. The molecule has 3 rings (SSSR count). The van der Waals surface area contributed by atoms with E-state index < -0.39 is 0 Å². The Labute approximate surface area is 131 Å². The van der Waals surface area contributed by atoms with Gasteiger partial charge in [-0.05, 0) is 30.5 Å². The number of carbonyl (C=O) groups is 1. The number of hydrogen-bond acceptors (Lipinski definition) is 4. The Balaban J connectivity index is 0.00000161. The Morgan fingerprint density at radius 2 is 2.24 bits per heavy atom. The van der Waals surface area contributed by atoms with Crippen molar-refractivity contribution in [1.29, 1.82) is 0 Å². The smallest absolute Gasteiger partial charge is 0.225 e. The van der Waals surface area contributed by atoms with Crippen molar-refractivity contribution in [3.05, 3.63) is 30.1 Å². The van der Waals surface area contributed by atoms with E-state index in [4.69, 9.17) is 4.74 Å². The Kier molecular flexibility index (Phi) is 5.96. The van der Waals surface area contributed by atoms with Crippen molar-refractivity contribution in [3.63, 3.8) is 0 Å². The molecular formula is C15H22ClN3O2. The van der Waals surface area contributed by atoms with Crippen molar-refractivity contribution in [2.45, 2.75) is 31.4 Å². The molecule has 1 aromatic heterocycles. The lowest BCUT2D eigenvalue weighted by molar-refractivity contribution is -0.135. The summed E-state index contributed by atoms with van der Waals surface area (Å²) in [4.78, 5) is 18.6. The van der Waals surface area contributed by atoms with Gasteiger partial charge in [-0.15, -0.1) is 12.4 Å². The number of carbonyl (C=O) groups excluding carboxylic acids is 1. The first kappa shape index (κ1) is 16.2. The number of likely N-dealkylation sites (tertiary alicyclic amines) is 1. The number of nitrogens with zero attached hydrogens (tertiary/aromatic N) is 2. The number of rotatable bonds is 3. The molecular weight excluding hydrogens is 290 g/mol. The average molecular weight is 312 g/mol. The van der Waals surface area contributed by atoms with Crippen LogP contribution in [0.5, 0.6) is 0 Å². The Morgan fingerprint density at radius 1 is 1.43 bits per heavy atom. The van der Waals surface area contributed by atoms with E-state index in [1.54, 1.807) is 12.4 Å². The second-order valence-corrected chi connectivity index (χ2v) is 5.43. The quantitative estimate of drug-likeness (QED) is 0.920. The van der Waals surface area contributed by atoms with Crippen LogP contribution in [0.4, 0.5) is 0 Å². The molecule has 1 amide bonds. The van der Waals surface area contributed by atoms with Gasteiger partial charge in [0.2, 0.25) is 5.91 Å². The van der Waals surface area contributed by atoms with E-state index in [0.29, 0.717) is 13.0 Å². The molecule has 5 nitrogen and oxygen atoms in total. The van der Waals surface area contributed by atoms with Crippen LogP contribution in [0.25, 0.3) is 0 Å². The highest BCUT2D eigenvalue weighted by atomic mass is 35.5. The molecule has 1 aromatic rings. The van der Waals surface area contributed by atoms with E-state index >= 15 is 0 Å². The first-order valence-corrected chi connectivity index (χ1v) is 7.36.